The van der Waals surface area contributed by atoms with Crippen molar-refractivity contribution in [3.8, 4) is 22.6 Å². The maximum Gasteiger partial charge on any atom is 0.227 e. The Morgan fingerprint density at radius 3 is 2.22 bits per heavy atom. The first-order valence-electron chi connectivity index (χ1n) is 15.4. The molecule has 0 bridgehead atoms. The molecule has 4 heteroatoms. The molecule has 0 amide bonds. The van der Waals surface area contributed by atoms with E-state index in [1.165, 1.54) is 53.3 Å². The van der Waals surface area contributed by atoms with E-state index in [-0.39, 0.29) is 6.04 Å². The van der Waals surface area contributed by atoms with E-state index in [1.807, 2.05) is 0 Å². The predicted octanol–water partition coefficient (Wildman–Crippen LogP) is 9.41. The largest absolute Gasteiger partial charge is 0.435 e. The van der Waals surface area contributed by atoms with Gasteiger partial charge in [0.15, 0.2) is 5.58 Å². The van der Waals surface area contributed by atoms with Crippen LogP contribution >= 0.6 is 11.3 Å². The van der Waals surface area contributed by atoms with E-state index in [4.69, 9.17) is 9.40 Å². The zero-order valence-electron chi connectivity index (χ0n) is 24.2. The first kappa shape index (κ1) is 24.9. The van der Waals surface area contributed by atoms with Crippen LogP contribution in [-0.2, 0) is 0 Å². The van der Waals surface area contributed by atoms with Gasteiger partial charge in [0.2, 0.25) is 5.89 Å². The van der Waals surface area contributed by atoms with E-state index in [0.717, 1.165) is 22.0 Å². The van der Waals surface area contributed by atoms with Gasteiger partial charge in [-0.3, -0.25) is 0 Å². The number of benzene rings is 6. The molecule has 0 saturated carbocycles. The molecule has 2 aromatic heterocycles. The summed E-state index contributed by atoms with van der Waals surface area (Å²) in [6.45, 7) is 0. The highest BCUT2D eigenvalue weighted by molar-refractivity contribution is 7.26. The molecule has 6 aromatic carbocycles. The normalized spacial score (nSPS) is 16.8. The lowest BCUT2D eigenvalue weighted by Crippen LogP contribution is -2.38. The molecule has 2 unspecified atom stereocenters. The summed E-state index contributed by atoms with van der Waals surface area (Å²) in [6, 6.07) is 48.0. The third-order valence-electron chi connectivity index (χ3n) is 9.41. The molecule has 3 heterocycles. The fourth-order valence-electron chi connectivity index (χ4n) is 7.31. The van der Waals surface area contributed by atoms with Crippen LogP contribution in [0.4, 0.5) is 11.4 Å². The number of fused-ring (bicyclic) bond motifs is 9. The van der Waals surface area contributed by atoms with E-state index < -0.39 is 0 Å². The minimum atomic E-state index is 0.230. The first-order chi connectivity index (χ1) is 22.3. The maximum absolute atomic E-state index is 6.60. The van der Waals surface area contributed by atoms with Crippen molar-refractivity contribution in [1.29, 1.82) is 0 Å². The number of thiophene rings is 1. The molecular weight excluding hydrogens is 569 g/mol. The van der Waals surface area contributed by atoms with Crippen LogP contribution in [0.15, 0.2) is 138 Å². The molecule has 10 rings (SSSR count). The molecule has 1 aliphatic heterocycles. The van der Waals surface area contributed by atoms with Crippen molar-refractivity contribution in [1.82, 2.24) is 4.98 Å². The summed E-state index contributed by atoms with van der Waals surface area (Å²) in [5.74, 6) is 0.965. The molecule has 212 valence electrons. The summed E-state index contributed by atoms with van der Waals surface area (Å²) < 4.78 is 9.06. The topological polar surface area (TPSA) is 29.3 Å². The Morgan fingerprint density at radius 2 is 1.36 bits per heavy atom. The Labute approximate surface area is 263 Å². The summed E-state index contributed by atoms with van der Waals surface area (Å²) in [4.78, 5) is 7.45. The van der Waals surface area contributed by atoms with Crippen LogP contribution in [-0.4, -0.2) is 11.0 Å². The Hall–Kier alpha value is -5.45. The highest BCUT2D eigenvalue weighted by Gasteiger charge is 2.37. The van der Waals surface area contributed by atoms with Crippen molar-refractivity contribution in [2.75, 3.05) is 4.90 Å². The smallest absolute Gasteiger partial charge is 0.227 e. The lowest BCUT2D eigenvalue weighted by atomic mass is 9.89. The van der Waals surface area contributed by atoms with Gasteiger partial charge < -0.3 is 9.32 Å². The molecule has 3 nitrogen and oxygen atoms in total. The van der Waals surface area contributed by atoms with E-state index in [1.54, 1.807) is 11.3 Å². The van der Waals surface area contributed by atoms with Crippen LogP contribution in [0.5, 0.6) is 0 Å². The number of nitrogens with zero attached hydrogens (tertiary/aromatic N) is 2. The predicted molar refractivity (Wildman–Crippen MR) is 188 cm³/mol. The molecule has 0 fully saturated rings. The summed E-state index contributed by atoms with van der Waals surface area (Å²) in [5.41, 5.74) is 8.93. The zero-order valence-corrected chi connectivity index (χ0v) is 25.0. The van der Waals surface area contributed by atoms with Gasteiger partial charge in [-0.15, -0.1) is 11.3 Å². The molecule has 1 aliphatic carbocycles. The summed E-state index contributed by atoms with van der Waals surface area (Å²) in [6.07, 6.45) is 4.86. The van der Waals surface area contributed by atoms with Gasteiger partial charge in [-0.25, -0.2) is 4.98 Å². The van der Waals surface area contributed by atoms with Crippen molar-refractivity contribution in [3.63, 3.8) is 0 Å². The van der Waals surface area contributed by atoms with Gasteiger partial charge in [-0.2, -0.15) is 0 Å². The highest BCUT2D eigenvalue weighted by atomic mass is 32.1. The van der Waals surface area contributed by atoms with Crippen molar-refractivity contribution < 1.29 is 4.42 Å². The van der Waals surface area contributed by atoms with E-state index in [0.29, 0.717) is 11.8 Å². The van der Waals surface area contributed by atoms with Gasteiger partial charge in [0.1, 0.15) is 5.52 Å². The van der Waals surface area contributed by atoms with Crippen LogP contribution in [0, 0.1) is 0 Å². The minimum absolute atomic E-state index is 0.230. The Kier molecular flexibility index (Phi) is 5.28. The van der Waals surface area contributed by atoms with Gasteiger partial charge in [-0.1, -0.05) is 91.0 Å². The minimum Gasteiger partial charge on any atom is -0.435 e. The average molecular weight is 595 g/mol. The summed E-state index contributed by atoms with van der Waals surface area (Å²) >= 11 is 1.80. The van der Waals surface area contributed by atoms with Gasteiger partial charge in [0.05, 0.1) is 6.04 Å². The number of para-hydroxylation sites is 1. The van der Waals surface area contributed by atoms with Gasteiger partial charge in [0.25, 0.3) is 0 Å². The third kappa shape index (κ3) is 3.79. The quantitative estimate of drug-likeness (QED) is 0.204. The highest BCUT2D eigenvalue weighted by Crippen LogP contribution is 2.47. The molecule has 0 saturated heterocycles. The number of anilines is 2. The van der Waals surface area contributed by atoms with E-state index in [2.05, 4.69) is 151 Å². The molecule has 45 heavy (non-hydrogen) atoms. The van der Waals surface area contributed by atoms with E-state index >= 15 is 0 Å². The molecule has 2 aliphatic rings. The second-order valence-corrected chi connectivity index (χ2v) is 13.0. The summed E-state index contributed by atoms with van der Waals surface area (Å²) in [7, 11) is 0. The van der Waals surface area contributed by atoms with Crippen LogP contribution in [0.25, 0.3) is 66.0 Å². The fraction of sp³-hybridized carbons (Fsp3) is 0.0488. The number of hydrogen-bond donors (Lipinski definition) is 0. The Morgan fingerprint density at radius 1 is 0.622 bits per heavy atom. The second-order valence-electron chi connectivity index (χ2n) is 11.9. The van der Waals surface area contributed by atoms with Crippen LogP contribution in [0.2, 0.25) is 0 Å². The number of oxazole rings is 1. The zero-order chi connectivity index (χ0) is 29.5. The second kappa shape index (κ2) is 9.52. The molecule has 0 spiro atoms. The van der Waals surface area contributed by atoms with Crippen molar-refractivity contribution in [3.05, 3.63) is 149 Å². The fourth-order valence-corrected chi connectivity index (χ4v) is 8.39. The number of hydrogen-bond acceptors (Lipinski definition) is 4. The van der Waals surface area contributed by atoms with Gasteiger partial charge in [0, 0.05) is 43.0 Å². The van der Waals surface area contributed by atoms with Crippen molar-refractivity contribution in [2.45, 2.75) is 12.0 Å². The molecule has 0 radical (unpaired) electrons. The number of aromatic nitrogens is 1. The average Bonchev–Trinajstić information content (AvgIpc) is 3.79. The number of rotatable bonds is 3. The molecule has 0 N–H and O–H groups in total. The summed E-state index contributed by atoms with van der Waals surface area (Å²) in [5, 5.41) is 4.96. The lowest BCUT2D eigenvalue weighted by molar-refractivity contribution is 0.623. The lowest BCUT2D eigenvalue weighted by Gasteiger charge is -2.29. The van der Waals surface area contributed by atoms with Gasteiger partial charge >= 0.3 is 0 Å². The SMILES string of the molecule is C1=c2ccccc2=CC2C1c1ccccc1N2c1ccc(-c2nc3ccc4sc5ccc(-c6ccccc6)cc5c4c3o2)cc1. The standard InChI is InChI=1S/C41H26N2OS/c1-2-8-25(9-3-1)29-16-20-37-33(23-29)39-38(45-37)21-19-34-40(39)44-41(42-34)26-14-17-30(18-15-26)43-35-13-7-6-12-31(35)32-22-27-10-4-5-11-28(27)24-36(32)43/h1-24,32,36H. The third-order valence-corrected chi connectivity index (χ3v) is 10.6. The van der Waals surface area contributed by atoms with Crippen molar-refractivity contribution in [2.24, 2.45) is 0 Å². The Balaban J connectivity index is 1.06. The molecule has 8 aromatic rings. The van der Waals surface area contributed by atoms with Crippen molar-refractivity contribution >= 4 is 66.1 Å². The van der Waals surface area contributed by atoms with Crippen LogP contribution in [0.3, 0.4) is 0 Å². The monoisotopic (exact) mass is 594 g/mol. The van der Waals surface area contributed by atoms with Crippen LogP contribution < -0.4 is 15.3 Å². The molecule has 2 atom stereocenters. The van der Waals surface area contributed by atoms with Crippen LogP contribution in [0.1, 0.15) is 11.5 Å². The van der Waals surface area contributed by atoms with E-state index in [9.17, 15) is 0 Å². The van der Waals surface area contributed by atoms with Gasteiger partial charge in [-0.05, 0) is 81.7 Å². The first-order valence-corrected chi connectivity index (χ1v) is 16.2. The maximum atomic E-state index is 6.60. The molecular formula is C41H26N2OS. The Bertz CT molecular complexity index is 2560.